The Morgan fingerprint density at radius 1 is 1.11 bits per heavy atom. The van der Waals surface area contributed by atoms with E-state index in [-0.39, 0.29) is 11.7 Å². The van der Waals surface area contributed by atoms with E-state index in [1.165, 1.54) is 0 Å². The molecule has 1 heterocycles. The first-order valence-corrected chi connectivity index (χ1v) is 9.18. The highest BCUT2D eigenvalue weighted by Gasteiger charge is 2.26. The Labute approximate surface area is 163 Å². The van der Waals surface area contributed by atoms with E-state index in [9.17, 15) is 14.7 Å². The molecule has 1 amide bonds. The summed E-state index contributed by atoms with van der Waals surface area (Å²) in [5, 5.41) is 12.2. The van der Waals surface area contributed by atoms with Crippen molar-refractivity contribution in [3.8, 4) is 11.1 Å². The van der Waals surface area contributed by atoms with Crippen molar-refractivity contribution in [1.29, 1.82) is 0 Å². The number of rotatable bonds is 6. The van der Waals surface area contributed by atoms with Gasteiger partial charge in [-0.2, -0.15) is 12.6 Å². The maximum atomic E-state index is 13.3. The number of allylic oxidation sites excluding steroid dienone is 2. The summed E-state index contributed by atoms with van der Waals surface area (Å²) in [6, 6.07) is 16.2. The van der Waals surface area contributed by atoms with Gasteiger partial charge in [-0.1, -0.05) is 60.7 Å². The zero-order valence-electron chi connectivity index (χ0n) is 14.6. The summed E-state index contributed by atoms with van der Waals surface area (Å²) in [5.41, 5.74) is 2.34. The summed E-state index contributed by atoms with van der Waals surface area (Å²) < 4.78 is 0. The number of hydrogen-bond acceptors (Lipinski definition) is 4. The lowest BCUT2D eigenvalue weighted by molar-refractivity contribution is -0.138. The number of nitrogens with zero attached hydrogens (tertiary/aromatic N) is 1. The molecule has 0 aliphatic carbocycles. The van der Waals surface area contributed by atoms with E-state index in [1.807, 2.05) is 54.6 Å². The maximum Gasteiger partial charge on any atom is 0.327 e. The molecule has 0 radical (unpaired) electrons. The van der Waals surface area contributed by atoms with Crippen LogP contribution in [0.4, 0.5) is 0 Å². The number of carboxylic acids is 1. The number of amides is 1. The first-order chi connectivity index (χ1) is 13.1. The second-order valence-electron chi connectivity index (χ2n) is 6.03. The molecule has 6 heteroatoms. The molecule has 2 N–H and O–H groups in total. The highest BCUT2D eigenvalue weighted by molar-refractivity contribution is 7.80. The van der Waals surface area contributed by atoms with Crippen molar-refractivity contribution in [3.63, 3.8) is 0 Å². The van der Waals surface area contributed by atoms with Crippen LogP contribution < -0.4 is 5.32 Å². The Morgan fingerprint density at radius 3 is 2.52 bits per heavy atom. The van der Waals surface area contributed by atoms with Crippen LogP contribution in [0.2, 0.25) is 0 Å². The molecule has 1 atom stereocenters. The quantitative estimate of drug-likeness (QED) is 0.673. The number of carbonyl (C=O) groups is 2. The minimum absolute atomic E-state index is 0.110. The maximum absolute atomic E-state index is 13.3. The number of benzene rings is 2. The standard InChI is InChI=1S/C21H20N2O3S/c24-20(17-11-5-4-10-16(17)15-8-2-1-3-9-15)23-13-7-6-12-19(23)22-18(14-27)21(25)26/h1-12,18,22,27H,13-14H2,(H,25,26)/t18-/m1/s1. The Hall–Kier alpha value is -2.99. The Morgan fingerprint density at radius 2 is 1.81 bits per heavy atom. The molecule has 2 aromatic carbocycles. The molecule has 1 aliphatic heterocycles. The average Bonchev–Trinajstić information content (AvgIpc) is 2.72. The largest absolute Gasteiger partial charge is 0.480 e. The van der Waals surface area contributed by atoms with Gasteiger partial charge in [0.05, 0.1) is 0 Å². The van der Waals surface area contributed by atoms with Crippen molar-refractivity contribution < 1.29 is 14.7 Å². The zero-order valence-corrected chi connectivity index (χ0v) is 15.5. The summed E-state index contributed by atoms with van der Waals surface area (Å²) in [4.78, 5) is 26.2. The zero-order chi connectivity index (χ0) is 19.2. The minimum atomic E-state index is -1.02. The lowest BCUT2D eigenvalue weighted by atomic mass is 9.98. The first kappa shape index (κ1) is 18.8. The normalized spacial score (nSPS) is 14.4. The van der Waals surface area contributed by atoms with Crippen LogP contribution in [0.15, 0.2) is 78.6 Å². The van der Waals surface area contributed by atoms with Gasteiger partial charge in [-0.25, -0.2) is 4.79 Å². The van der Waals surface area contributed by atoms with Crippen LogP contribution in [0.5, 0.6) is 0 Å². The molecular weight excluding hydrogens is 360 g/mol. The van der Waals surface area contributed by atoms with E-state index in [2.05, 4.69) is 17.9 Å². The molecule has 27 heavy (non-hydrogen) atoms. The van der Waals surface area contributed by atoms with Crippen LogP contribution in [-0.2, 0) is 4.79 Å². The molecule has 0 saturated heterocycles. The van der Waals surface area contributed by atoms with Crippen molar-refractivity contribution in [2.45, 2.75) is 6.04 Å². The van der Waals surface area contributed by atoms with E-state index in [0.717, 1.165) is 11.1 Å². The third-order valence-electron chi connectivity index (χ3n) is 4.26. The summed E-state index contributed by atoms with van der Waals surface area (Å²) in [6.45, 7) is 0.361. The Bertz CT molecular complexity index is 893. The fourth-order valence-corrected chi connectivity index (χ4v) is 3.13. The van der Waals surface area contributed by atoms with Gasteiger partial charge < -0.3 is 10.4 Å². The van der Waals surface area contributed by atoms with Gasteiger partial charge in [-0.05, 0) is 23.3 Å². The third kappa shape index (κ3) is 4.23. The van der Waals surface area contributed by atoms with Crippen LogP contribution in [0.25, 0.3) is 11.1 Å². The van der Waals surface area contributed by atoms with Gasteiger partial charge in [0.1, 0.15) is 11.9 Å². The summed E-state index contributed by atoms with van der Waals surface area (Å²) >= 11 is 4.08. The minimum Gasteiger partial charge on any atom is -0.480 e. The van der Waals surface area contributed by atoms with Crippen LogP contribution >= 0.6 is 12.6 Å². The molecule has 5 nitrogen and oxygen atoms in total. The average molecular weight is 380 g/mol. The van der Waals surface area contributed by atoms with Crippen molar-refractivity contribution >= 4 is 24.5 Å². The first-order valence-electron chi connectivity index (χ1n) is 8.55. The predicted molar refractivity (Wildman–Crippen MR) is 109 cm³/mol. The summed E-state index contributed by atoms with van der Waals surface area (Å²) in [6.07, 6.45) is 5.35. The molecule has 3 rings (SSSR count). The van der Waals surface area contributed by atoms with Gasteiger partial charge in [0, 0.05) is 17.9 Å². The Kier molecular flexibility index (Phi) is 5.98. The molecule has 2 aromatic rings. The van der Waals surface area contributed by atoms with Crippen LogP contribution in [0.3, 0.4) is 0 Å². The molecule has 0 aromatic heterocycles. The van der Waals surface area contributed by atoms with Crippen molar-refractivity contribution in [3.05, 3.63) is 84.2 Å². The lowest BCUT2D eigenvalue weighted by Gasteiger charge is -2.29. The molecule has 0 spiro atoms. The van der Waals surface area contributed by atoms with Crippen molar-refractivity contribution in [1.82, 2.24) is 10.2 Å². The van der Waals surface area contributed by atoms with Gasteiger partial charge in [0.25, 0.3) is 5.91 Å². The highest BCUT2D eigenvalue weighted by Crippen LogP contribution is 2.26. The van der Waals surface area contributed by atoms with Crippen LogP contribution in [0, 0.1) is 0 Å². The SMILES string of the molecule is O=C(O)[C@@H](CS)NC1=CC=CCN1C(=O)c1ccccc1-c1ccccc1. The molecule has 1 aliphatic rings. The predicted octanol–water partition coefficient (Wildman–Crippen LogP) is 3.18. The molecule has 0 bridgehead atoms. The monoisotopic (exact) mass is 380 g/mol. The second-order valence-corrected chi connectivity index (χ2v) is 6.39. The second kappa shape index (κ2) is 8.60. The van der Waals surface area contributed by atoms with Crippen LogP contribution in [0.1, 0.15) is 10.4 Å². The fourth-order valence-electron chi connectivity index (χ4n) is 2.88. The van der Waals surface area contributed by atoms with Crippen molar-refractivity contribution in [2.24, 2.45) is 0 Å². The smallest absolute Gasteiger partial charge is 0.327 e. The fraction of sp³-hybridized carbons (Fsp3) is 0.143. The number of carboxylic acid groups (broad SMARTS) is 1. The molecule has 0 unspecified atom stereocenters. The highest BCUT2D eigenvalue weighted by atomic mass is 32.1. The Balaban J connectivity index is 1.92. The van der Waals surface area contributed by atoms with Gasteiger partial charge in [0.15, 0.2) is 0 Å². The van der Waals surface area contributed by atoms with E-state index in [4.69, 9.17) is 0 Å². The molecule has 0 saturated carbocycles. The van der Waals surface area contributed by atoms with Gasteiger partial charge >= 0.3 is 5.97 Å². The van der Waals surface area contributed by atoms with E-state index >= 15 is 0 Å². The van der Waals surface area contributed by atoms with Crippen molar-refractivity contribution in [2.75, 3.05) is 12.3 Å². The number of aliphatic carboxylic acids is 1. The number of carbonyl (C=O) groups excluding carboxylic acids is 1. The summed E-state index contributed by atoms with van der Waals surface area (Å²) in [5.74, 6) is -0.649. The van der Waals surface area contributed by atoms with E-state index in [0.29, 0.717) is 17.9 Å². The molecular formula is C21H20N2O3S. The van der Waals surface area contributed by atoms with E-state index in [1.54, 1.807) is 23.1 Å². The van der Waals surface area contributed by atoms with Gasteiger partial charge in [-0.15, -0.1) is 0 Å². The van der Waals surface area contributed by atoms with Gasteiger partial charge in [0.2, 0.25) is 0 Å². The molecule has 138 valence electrons. The summed E-state index contributed by atoms with van der Waals surface area (Å²) in [7, 11) is 0. The lowest BCUT2D eigenvalue weighted by Crippen LogP contribution is -2.45. The third-order valence-corrected chi connectivity index (χ3v) is 4.62. The number of nitrogens with one attached hydrogen (secondary N) is 1. The number of thiol groups is 1. The van der Waals surface area contributed by atoms with E-state index < -0.39 is 12.0 Å². The topological polar surface area (TPSA) is 69.6 Å². The van der Waals surface area contributed by atoms with Crippen LogP contribution in [-0.4, -0.2) is 40.2 Å². The molecule has 0 fully saturated rings. The number of hydrogen-bond donors (Lipinski definition) is 3. The van der Waals surface area contributed by atoms with Gasteiger partial charge in [-0.3, -0.25) is 9.69 Å².